The van der Waals surface area contributed by atoms with Crippen LogP contribution in [0, 0.1) is 23.7 Å². The van der Waals surface area contributed by atoms with E-state index in [1.165, 1.54) is 12.2 Å². The van der Waals surface area contributed by atoms with Crippen LogP contribution in [0.25, 0.3) is 6.08 Å². The summed E-state index contributed by atoms with van der Waals surface area (Å²) in [5.74, 6) is -5.97. The Morgan fingerprint density at radius 3 is 2.39 bits per heavy atom. The van der Waals surface area contributed by atoms with Crippen molar-refractivity contribution in [3.8, 4) is 0 Å². The molecule has 3 rings (SSSR count). The van der Waals surface area contributed by atoms with E-state index < -0.39 is 79.6 Å². The lowest BCUT2D eigenvalue weighted by molar-refractivity contribution is -0.304. The number of aliphatic carboxylic acids is 2. The lowest BCUT2D eigenvalue weighted by Gasteiger charge is -2.40. The number of carboxylic acid groups (broad SMARTS) is 2. The van der Waals surface area contributed by atoms with Gasteiger partial charge in [-0.05, 0) is 36.3 Å². The van der Waals surface area contributed by atoms with Crippen molar-refractivity contribution in [3.05, 3.63) is 42.0 Å². The molecule has 1 saturated carbocycles. The van der Waals surface area contributed by atoms with Crippen LogP contribution in [0.1, 0.15) is 25.3 Å². The minimum absolute atomic E-state index is 0.196. The second-order valence-electron chi connectivity index (χ2n) is 9.25. The van der Waals surface area contributed by atoms with Gasteiger partial charge in [0.05, 0.1) is 18.4 Å². The molecule has 2 fully saturated rings. The quantitative estimate of drug-likeness (QED) is 0.220. The maximum Gasteiger partial charge on any atom is 0.330 e. The third-order valence-electron chi connectivity index (χ3n) is 6.86. The van der Waals surface area contributed by atoms with Gasteiger partial charge in [-0.1, -0.05) is 37.3 Å². The fourth-order valence-electron chi connectivity index (χ4n) is 4.82. The van der Waals surface area contributed by atoms with Crippen molar-refractivity contribution in [1.29, 1.82) is 0 Å². The smallest absolute Gasteiger partial charge is 0.330 e. The van der Waals surface area contributed by atoms with Gasteiger partial charge in [0.2, 0.25) is 0 Å². The molecule has 1 aliphatic heterocycles. The highest BCUT2D eigenvalue weighted by atomic mass is 16.7. The summed E-state index contributed by atoms with van der Waals surface area (Å²) >= 11 is 0. The van der Waals surface area contributed by atoms with Gasteiger partial charge in [0.1, 0.15) is 31.0 Å². The summed E-state index contributed by atoms with van der Waals surface area (Å²) in [6, 6.07) is 8.99. The normalized spacial score (nSPS) is 33.3. The largest absolute Gasteiger partial charge is 0.481 e. The van der Waals surface area contributed by atoms with Crippen LogP contribution in [0.15, 0.2) is 36.4 Å². The van der Waals surface area contributed by atoms with Crippen LogP contribution in [0.4, 0.5) is 0 Å². The lowest BCUT2D eigenvalue weighted by atomic mass is 9.81. The minimum atomic E-state index is -1.71. The summed E-state index contributed by atoms with van der Waals surface area (Å²) in [6.07, 6.45) is -4.15. The Balaban J connectivity index is 1.60. The molecule has 36 heavy (non-hydrogen) atoms. The highest BCUT2D eigenvalue weighted by Crippen LogP contribution is 2.42. The standard InChI is InChI=1S/C25H32O11/c1-13-7-9-15(19(13)24(32)33)16(23(30)31)11-35-25-22(29)21(28)20(27)17(36-25)12-34-18(26)10-8-14-5-3-2-4-6-14/h2-6,8,10,13,15-17,19-22,25,27-29H,7,9,11-12H2,1H3,(H,30,31)(H,32,33)/b10-8+/t13-,15+,16+,17+,19-,20+,21-,22+,25+/m0/s1. The third-order valence-corrected chi connectivity index (χ3v) is 6.86. The zero-order chi connectivity index (χ0) is 26.4. The first kappa shape index (κ1) is 27.8. The summed E-state index contributed by atoms with van der Waals surface area (Å²) in [7, 11) is 0. The minimum Gasteiger partial charge on any atom is -0.481 e. The van der Waals surface area contributed by atoms with Crippen molar-refractivity contribution in [2.45, 2.75) is 50.5 Å². The van der Waals surface area contributed by atoms with E-state index in [4.69, 9.17) is 14.2 Å². The van der Waals surface area contributed by atoms with Crippen molar-refractivity contribution in [2.75, 3.05) is 13.2 Å². The average molecular weight is 509 g/mol. The van der Waals surface area contributed by atoms with E-state index in [0.29, 0.717) is 12.8 Å². The molecular weight excluding hydrogens is 476 g/mol. The van der Waals surface area contributed by atoms with Gasteiger partial charge < -0.3 is 39.7 Å². The molecule has 198 valence electrons. The second kappa shape index (κ2) is 12.4. The van der Waals surface area contributed by atoms with Crippen LogP contribution < -0.4 is 0 Å². The first-order valence-electron chi connectivity index (χ1n) is 11.8. The number of aliphatic hydroxyl groups is 3. The first-order chi connectivity index (χ1) is 17.1. The maximum atomic E-state index is 12.0. The molecule has 1 aromatic carbocycles. The predicted molar refractivity (Wildman–Crippen MR) is 123 cm³/mol. The molecule has 0 unspecified atom stereocenters. The molecule has 1 heterocycles. The number of hydrogen-bond donors (Lipinski definition) is 5. The summed E-state index contributed by atoms with van der Waals surface area (Å²) in [5, 5.41) is 50.0. The highest BCUT2D eigenvalue weighted by molar-refractivity contribution is 5.87. The molecule has 0 aromatic heterocycles. The van der Waals surface area contributed by atoms with Gasteiger partial charge >= 0.3 is 17.9 Å². The summed E-state index contributed by atoms with van der Waals surface area (Å²) in [6.45, 7) is 0.810. The molecule has 0 amide bonds. The Hall–Kier alpha value is -2.83. The van der Waals surface area contributed by atoms with E-state index in [-0.39, 0.29) is 5.92 Å². The van der Waals surface area contributed by atoms with Gasteiger partial charge in [-0.25, -0.2) is 4.79 Å². The number of benzene rings is 1. The molecule has 11 nitrogen and oxygen atoms in total. The van der Waals surface area contributed by atoms with Crippen molar-refractivity contribution >= 4 is 24.0 Å². The maximum absolute atomic E-state index is 12.0. The number of carboxylic acids is 2. The molecule has 9 atom stereocenters. The number of hydrogen-bond acceptors (Lipinski definition) is 9. The molecule has 2 aliphatic rings. The molecule has 11 heteroatoms. The Morgan fingerprint density at radius 2 is 1.75 bits per heavy atom. The van der Waals surface area contributed by atoms with E-state index in [1.54, 1.807) is 31.2 Å². The van der Waals surface area contributed by atoms with Gasteiger partial charge in [-0.3, -0.25) is 9.59 Å². The van der Waals surface area contributed by atoms with Crippen LogP contribution in [-0.4, -0.2) is 87.4 Å². The number of rotatable bonds is 10. The molecule has 1 aliphatic carbocycles. The van der Waals surface area contributed by atoms with E-state index >= 15 is 0 Å². The number of ether oxygens (including phenoxy) is 3. The number of aliphatic hydroxyl groups excluding tert-OH is 3. The van der Waals surface area contributed by atoms with Crippen molar-refractivity contribution < 1.29 is 54.1 Å². The fourth-order valence-corrected chi connectivity index (χ4v) is 4.82. The molecule has 1 aromatic rings. The first-order valence-corrected chi connectivity index (χ1v) is 11.8. The fraction of sp³-hybridized carbons (Fsp3) is 0.560. The van der Waals surface area contributed by atoms with E-state index in [9.17, 15) is 39.9 Å². The van der Waals surface area contributed by atoms with Gasteiger partial charge in [-0.15, -0.1) is 0 Å². The van der Waals surface area contributed by atoms with E-state index in [1.807, 2.05) is 6.07 Å². The lowest BCUT2D eigenvalue weighted by Crippen LogP contribution is -2.59. The topological polar surface area (TPSA) is 180 Å². The average Bonchev–Trinajstić information content (AvgIpc) is 3.23. The molecule has 0 bridgehead atoms. The highest BCUT2D eigenvalue weighted by Gasteiger charge is 2.48. The molecule has 1 saturated heterocycles. The SMILES string of the molecule is C[C@H]1CC[C@H]([C@@H](CO[C@@H]2O[C@H](COC(=O)/C=C/c3ccccc3)[C@@H](O)[C@H](O)[C@H]2O)C(=O)O)[C@H]1C(=O)O. The Morgan fingerprint density at radius 1 is 1.06 bits per heavy atom. The van der Waals surface area contributed by atoms with Gasteiger partial charge in [-0.2, -0.15) is 0 Å². The van der Waals surface area contributed by atoms with Crippen LogP contribution >= 0.6 is 0 Å². The molecular formula is C25H32O11. The monoisotopic (exact) mass is 508 g/mol. The van der Waals surface area contributed by atoms with Crippen LogP contribution in [0.3, 0.4) is 0 Å². The van der Waals surface area contributed by atoms with Crippen LogP contribution in [0.2, 0.25) is 0 Å². The Bertz CT molecular complexity index is 933. The van der Waals surface area contributed by atoms with Crippen molar-refractivity contribution in [3.63, 3.8) is 0 Å². The summed E-state index contributed by atoms with van der Waals surface area (Å²) in [5.41, 5.74) is 0.769. The number of carbonyl (C=O) groups excluding carboxylic acids is 1. The Labute approximate surface area is 207 Å². The number of esters is 1. The van der Waals surface area contributed by atoms with Crippen molar-refractivity contribution in [2.24, 2.45) is 23.7 Å². The molecule has 0 spiro atoms. The van der Waals surface area contributed by atoms with E-state index in [2.05, 4.69) is 0 Å². The van der Waals surface area contributed by atoms with Crippen LogP contribution in [0.5, 0.6) is 0 Å². The Kier molecular flexibility index (Phi) is 9.57. The van der Waals surface area contributed by atoms with Gasteiger partial charge in [0.15, 0.2) is 6.29 Å². The third kappa shape index (κ3) is 6.68. The van der Waals surface area contributed by atoms with Crippen LogP contribution in [-0.2, 0) is 28.6 Å². The second-order valence-corrected chi connectivity index (χ2v) is 9.25. The van der Waals surface area contributed by atoms with Crippen molar-refractivity contribution in [1.82, 2.24) is 0 Å². The van der Waals surface area contributed by atoms with E-state index in [0.717, 1.165) is 5.56 Å². The zero-order valence-corrected chi connectivity index (χ0v) is 19.8. The summed E-state index contributed by atoms with van der Waals surface area (Å²) in [4.78, 5) is 35.6. The molecule has 5 N–H and O–H groups in total. The summed E-state index contributed by atoms with van der Waals surface area (Å²) < 4.78 is 16.1. The van der Waals surface area contributed by atoms with Gasteiger partial charge in [0.25, 0.3) is 0 Å². The zero-order valence-electron chi connectivity index (χ0n) is 19.8. The number of carbonyl (C=O) groups is 3. The van der Waals surface area contributed by atoms with Gasteiger partial charge in [0, 0.05) is 6.08 Å². The predicted octanol–water partition coefficient (Wildman–Crippen LogP) is 0.515. The molecule has 0 radical (unpaired) electrons.